The quantitative estimate of drug-likeness (QED) is 0.153. The number of ether oxygens (including phenoxy) is 2. The van der Waals surface area contributed by atoms with Crippen LogP contribution in [0.4, 0.5) is 0 Å². The molecule has 10 nitrogen and oxygen atoms in total. The molecule has 0 bridgehead atoms. The van der Waals surface area contributed by atoms with Crippen LogP contribution in [0.25, 0.3) is 6.08 Å². The number of amides is 1. The van der Waals surface area contributed by atoms with Crippen molar-refractivity contribution in [2.45, 2.75) is 103 Å². The van der Waals surface area contributed by atoms with Crippen LogP contribution < -0.4 is 5.32 Å². The predicted molar refractivity (Wildman–Crippen MR) is 154 cm³/mol. The molecule has 1 aromatic rings. The maximum absolute atomic E-state index is 12.3. The Bertz CT molecular complexity index is 889. The zero-order valence-corrected chi connectivity index (χ0v) is 24.9. The molecule has 1 amide bonds. The van der Waals surface area contributed by atoms with Crippen molar-refractivity contribution in [1.29, 1.82) is 0 Å². The highest BCUT2D eigenvalue weighted by atomic mass is 32.1. The topological polar surface area (TPSA) is 166 Å². The number of ketones is 1. The van der Waals surface area contributed by atoms with Crippen LogP contribution in [0.5, 0.6) is 5.75 Å². The molecule has 6 N–H and O–H groups in total. The number of benzene rings is 1. The van der Waals surface area contributed by atoms with Crippen LogP contribution in [-0.4, -0.2) is 92.9 Å². The SMILES string of the molecule is C/C(=C\c1ccc(C)c(O)c1)C(=O)NC1C(O)CC(OCO)CC1O.CC.CC(=O)C1CC(O)[C@H](C)O1.CS. The molecule has 4 unspecified atom stereocenters. The number of phenolic OH excluding ortho intramolecular Hbond substituents is 1. The molecular weight excluding hydrogens is 526 g/mol. The van der Waals surface area contributed by atoms with Gasteiger partial charge in [-0.1, -0.05) is 26.0 Å². The Hall–Kier alpha value is -1.99. The molecule has 0 spiro atoms. The summed E-state index contributed by atoms with van der Waals surface area (Å²) in [6, 6.07) is 4.29. The largest absolute Gasteiger partial charge is 0.508 e. The van der Waals surface area contributed by atoms with Gasteiger partial charge >= 0.3 is 0 Å². The first-order valence-electron chi connectivity index (χ1n) is 13.1. The van der Waals surface area contributed by atoms with Crippen molar-refractivity contribution in [2.24, 2.45) is 0 Å². The van der Waals surface area contributed by atoms with Crippen LogP contribution in [0.15, 0.2) is 23.8 Å². The lowest BCUT2D eigenvalue weighted by Crippen LogP contribution is -2.56. The number of nitrogens with one attached hydrogen (secondary N) is 1. The fourth-order valence-electron chi connectivity index (χ4n) is 3.99. The summed E-state index contributed by atoms with van der Waals surface area (Å²) in [6.45, 7) is 10.2. The Morgan fingerprint density at radius 3 is 2.05 bits per heavy atom. The van der Waals surface area contributed by atoms with Crippen LogP contribution in [0, 0.1) is 6.92 Å². The molecule has 224 valence electrons. The first-order chi connectivity index (χ1) is 18.4. The van der Waals surface area contributed by atoms with Gasteiger partial charge in [0.25, 0.3) is 0 Å². The number of aliphatic hydroxyl groups is 4. The lowest BCUT2D eigenvalue weighted by Gasteiger charge is -2.37. The van der Waals surface area contributed by atoms with Gasteiger partial charge in [0.05, 0.1) is 36.6 Å². The van der Waals surface area contributed by atoms with Crippen molar-refractivity contribution < 1.29 is 44.6 Å². The Balaban J connectivity index is 0.000000857. The monoisotopic (exact) mass is 573 g/mol. The van der Waals surface area contributed by atoms with Crippen molar-refractivity contribution in [3.8, 4) is 5.75 Å². The summed E-state index contributed by atoms with van der Waals surface area (Å²) in [4.78, 5) is 23.0. The standard InChI is InChI=1S/C18H25NO6.C7H12O3.C2H6.CH4S/c1-10-3-4-12(6-14(10)21)5-11(2)18(24)19-17-15(22)7-13(25-9-20)8-16(17)23;1-4(8)7-3-6(9)5(2)10-7;2*1-2/h3-6,13,15-17,20-23H,7-9H2,1-2H3,(H,19,24);5-7,9H,3H2,1-2H3;1-2H3;2H,1H3/b11-5+;;;/t;5-,6?,7?;;/m.0../s1. The number of aromatic hydroxyl groups is 1. The number of phenols is 1. The molecule has 1 saturated heterocycles. The lowest BCUT2D eigenvalue weighted by molar-refractivity contribution is -0.130. The highest BCUT2D eigenvalue weighted by molar-refractivity contribution is 7.79. The Kier molecular flexibility index (Phi) is 18.2. The first-order valence-corrected chi connectivity index (χ1v) is 14.0. The van der Waals surface area contributed by atoms with Gasteiger partial charge in [-0.3, -0.25) is 9.59 Å². The van der Waals surface area contributed by atoms with Crippen LogP contribution in [0.3, 0.4) is 0 Å². The molecule has 2 fully saturated rings. The van der Waals surface area contributed by atoms with E-state index in [0.29, 0.717) is 17.6 Å². The maximum atomic E-state index is 12.3. The molecule has 0 radical (unpaired) electrons. The Labute approximate surface area is 237 Å². The van der Waals surface area contributed by atoms with E-state index in [9.17, 15) is 24.9 Å². The van der Waals surface area contributed by atoms with Gasteiger partial charge < -0.3 is 40.3 Å². The number of aryl methyl sites for hydroxylation is 1. The minimum atomic E-state index is -0.972. The molecule has 5 atom stereocenters. The molecule has 1 aliphatic heterocycles. The predicted octanol–water partition coefficient (Wildman–Crippen LogP) is 2.13. The number of carbonyl (C=O) groups excluding carboxylic acids is 2. The maximum Gasteiger partial charge on any atom is 0.247 e. The normalized spacial score (nSPS) is 28.0. The number of carbonyl (C=O) groups is 2. The molecule has 1 saturated carbocycles. The van der Waals surface area contributed by atoms with Crippen molar-refractivity contribution >= 4 is 30.4 Å². The molecule has 1 aromatic carbocycles. The fourth-order valence-corrected chi connectivity index (χ4v) is 3.99. The summed E-state index contributed by atoms with van der Waals surface area (Å²) in [5, 5.41) is 50.5. The second-order valence-corrected chi connectivity index (χ2v) is 9.14. The van der Waals surface area contributed by atoms with E-state index >= 15 is 0 Å². The third-order valence-corrected chi connectivity index (χ3v) is 6.25. The van der Waals surface area contributed by atoms with Gasteiger partial charge in [-0.15, -0.1) is 0 Å². The van der Waals surface area contributed by atoms with Crippen LogP contribution in [0.2, 0.25) is 0 Å². The summed E-state index contributed by atoms with van der Waals surface area (Å²) in [6.07, 6.45) is 0.794. The van der Waals surface area contributed by atoms with Crippen molar-refractivity contribution in [2.75, 3.05) is 13.0 Å². The fraction of sp³-hybridized carbons (Fsp3) is 0.643. The Morgan fingerprint density at radius 1 is 1.08 bits per heavy atom. The molecule has 1 heterocycles. The summed E-state index contributed by atoms with van der Waals surface area (Å²) >= 11 is 3.53. The number of rotatable bonds is 6. The average Bonchev–Trinajstić information content (AvgIpc) is 3.25. The summed E-state index contributed by atoms with van der Waals surface area (Å²) < 4.78 is 10.1. The molecule has 0 aromatic heterocycles. The van der Waals surface area contributed by atoms with Crippen molar-refractivity contribution in [3.63, 3.8) is 0 Å². The summed E-state index contributed by atoms with van der Waals surface area (Å²) in [5.41, 5.74) is 1.81. The van der Waals surface area contributed by atoms with E-state index in [4.69, 9.17) is 19.7 Å². The van der Waals surface area contributed by atoms with E-state index in [0.717, 1.165) is 5.56 Å². The summed E-state index contributed by atoms with van der Waals surface area (Å²) in [7, 11) is 0. The van der Waals surface area contributed by atoms with Crippen LogP contribution in [0.1, 0.15) is 65.0 Å². The van der Waals surface area contributed by atoms with Crippen molar-refractivity contribution in [3.05, 3.63) is 34.9 Å². The number of hydrogen-bond donors (Lipinski definition) is 7. The highest BCUT2D eigenvalue weighted by Crippen LogP contribution is 2.24. The number of hydrogen-bond acceptors (Lipinski definition) is 10. The van der Waals surface area contributed by atoms with Gasteiger partial charge in [0, 0.05) is 24.8 Å². The van der Waals surface area contributed by atoms with E-state index < -0.39 is 43.2 Å². The highest BCUT2D eigenvalue weighted by Gasteiger charge is 2.37. The van der Waals surface area contributed by atoms with Gasteiger partial charge in [0.15, 0.2) is 5.78 Å². The molecule has 39 heavy (non-hydrogen) atoms. The van der Waals surface area contributed by atoms with E-state index in [-0.39, 0.29) is 36.6 Å². The smallest absolute Gasteiger partial charge is 0.247 e. The van der Waals surface area contributed by atoms with Crippen LogP contribution in [-0.2, 0) is 19.1 Å². The summed E-state index contributed by atoms with van der Waals surface area (Å²) in [5.74, 6) is -0.261. The second-order valence-electron chi connectivity index (χ2n) is 9.14. The van der Waals surface area contributed by atoms with E-state index in [1.165, 1.54) is 6.92 Å². The van der Waals surface area contributed by atoms with Gasteiger partial charge in [-0.25, -0.2) is 0 Å². The molecule has 11 heteroatoms. The molecular formula is C28H47NO9S. The van der Waals surface area contributed by atoms with E-state index in [1.807, 2.05) is 13.8 Å². The first kappa shape index (κ1) is 37.0. The third kappa shape index (κ3) is 12.4. The molecule has 1 aliphatic carbocycles. The van der Waals surface area contributed by atoms with Gasteiger partial charge in [0.2, 0.25) is 5.91 Å². The van der Waals surface area contributed by atoms with Crippen molar-refractivity contribution in [1.82, 2.24) is 5.32 Å². The number of thiol groups is 1. The molecule has 2 aliphatic rings. The zero-order chi connectivity index (χ0) is 30.3. The lowest BCUT2D eigenvalue weighted by atomic mass is 9.87. The zero-order valence-electron chi connectivity index (χ0n) is 24.0. The van der Waals surface area contributed by atoms with E-state index in [1.54, 1.807) is 51.3 Å². The van der Waals surface area contributed by atoms with Crippen LogP contribution >= 0.6 is 12.6 Å². The molecule has 3 rings (SSSR count). The van der Waals surface area contributed by atoms with Gasteiger partial charge in [-0.05, 0) is 57.2 Å². The third-order valence-electron chi connectivity index (χ3n) is 6.25. The Morgan fingerprint density at radius 2 is 1.64 bits per heavy atom. The number of Topliss-reactive ketones (excluding diaryl/α,β-unsaturated/α-hetero) is 1. The minimum absolute atomic E-state index is 0.00315. The minimum Gasteiger partial charge on any atom is -0.508 e. The van der Waals surface area contributed by atoms with E-state index in [2.05, 4.69) is 17.9 Å². The average molecular weight is 574 g/mol. The second kappa shape index (κ2) is 19.1. The van der Waals surface area contributed by atoms with Gasteiger partial charge in [0.1, 0.15) is 18.6 Å². The number of aliphatic hydroxyl groups excluding tert-OH is 4. The van der Waals surface area contributed by atoms with Gasteiger partial charge in [-0.2, -0.15) is 12.6 Å².